The molecule has 3 amide bonds. The van der Waals surface area contributed by atoms with Crippen LogP contribution in [0.25, 0.3) is 0 Å². The first-order valence-electron chi connectivity index (χ1n) is 7.16. The SMILES string of the molecule is COCc1cnc(N2C(=O)N(C)C3(CCCCC3)C2=O)s1. The molecule has 1 spiro atoms. The van der Waals surface area contributed by atoms with Gasteiger partial charge in [-0.25, -0.2) is 14.7 Å². The van der Waals surface area contributed by atoms with Gasteiger partial charge in [0.15, 0.2) is 0 Å². The van der Waals surface area contributed by atoms with Crippen molar-refractivity contribution in [2.45, 2.75) is 44.2 Å². The van der Waals surface area contributed by atoms with E-state index in [-0.39, 0.29) is 11.9 Å². The number of hydrogen-bond acceptors (Lipinski definition) is 5. The zero-order valence-electron chi connectivity index (χ0n) is 12.3. The second-order valence-corrected chi connectivity index (χ2v) is 6.71. The molecule has 1 saturated heterocycles. The maximum Gasteiger partial charge on any atom is 0.333 e. The molecule has 1 aliphatic carbocycles. The molecule has 1 aromatic rings. The number of carbonyl (C=O) groups excluding carboxylic acids is 2. The van der Waals surface area contributed by atoms with Gasteiger partial charge in [0.25, 0.3) is 5.91 Å². The van der Waals surface area contributed by atoms with Gasteiger partial charge < -0.3 is 9.64 Å². The fourth-order valence-corrected chi connectivity index (χ4v) is 4.11. The number of anilines is 1. The van der Waals surface area contributed by atoms with E-state index in [1.165, 1.54) is 16.2 Å². The van der Waals surface area contributed by atoms with E-state index in [4.69, 9.17) is 4.74 Å². The summed E-state index contributed by atoms with van der Waals surface area (Å²) in [5.74, 6) is -0.118. The standard InChI is InChI=1S/C14H19N3O3S/c1-16-13(19)17(12-15-8-10(21-12)9-20-2)11(18)14(16)6-4-3-5-7-14/h8H,3-7,9H2,1-2H3. The molecule has 6 nitrogen and oxygen atoms in total. The van der Waals surface area contributed by atoms with Crippen LogP contribution in [-0.4, -0.2) is 41.5 Å². The van der Waals surface area contributed by atoms with Gasteiger partial charge in [-0.05, 0) is 12.8 Å². The molecule has 1 aromatic heterocycles. The molecule has 1 aliphatic heterocycles. The summed E-state index contributed by atoms with van der Waals surface area (Å²) in [7, 11) is 3.34. The molecular formula is C14H19N3O3S. The van der Waals surface area contributed by atoms with E-state index in [2.05, 4.69) is 4.98 Å². The van der Waals surface area contributed by atoms with Crippen molar-refractivity contribution in [1.29, 1.82) is 0 Å². The van der Waals surface area contributed by atoms with E-state index in [9.17, 15) is 9.59 Å². The van der Waals surface area contributed by atoms with Gasteiger partial charge in [0, 0.05) is 20.4 Å². The Morgan fingerprint density at radius 2 is 2.05 bits per heavy atom. The minimum Gasteiger partial charge on any atom is -0.379 e. The van der Waals surface area contributed by atoms with Gasteiger partial charge in [0.05, 0.1) is 11.5 Å². The van der Waals surface area contributed by atoms with Crippen molar-refractivity contribution >= 4 is 28.4 Å². The summed E-state index contributed by atoms with van der Waals surface area (Å²) in [5, 5.41) is 0.450. The van der Waals surface area contributed by atoms with Gasteiger partial charge >= 0.3 is 6.03 Å². The predicted octanol–water partition coefficient (Wildman–Crippen LogP) is 2.39. The number of ether oxygens (including phenoxy) is 1. The van der Waals surface area contributed by atoms with E-state index in [1.807, 2.05) is 0 Å². The van der Waals surface area contributed by atoms with Gasteiger partial charge in [-0.3, -0.25) is 4.79 Å². The number of methoxy groups -OCH3 is 1. The lowest BCUT2D eigenvalue weighted by Crippen LogP contribution is -2.49. The van der Waals surface area contributed by atoms with Crippen molar-refractivity contribution in [2.24, 2.45) is 0 Å². The molecule has 7 heteroatoms. The average molecular weight is 309 g/mol. The van der Waals surface area contributed by atoms with Crippen molar-refractivity contribution in [3.63, 3.8) is 0 Å². The monoisotopic (exact) mass is 309 g/mol. The van der Waals surface area contributed by atoms with Gasteiger partial charge in [-0.2, -0.15) is 0 Å². The maximum absolute atomic E-state index is 12.9. The summed E-state index contributed by atoms with van der Waals surface area (Å²) in [6.07, 6.45) is 6.28. The zero-order chi connectivity index (χ0) is 15.0. The molecule has 2 heterocycles. The normalized spacial score (nSPS) is 21.6. The molecule has 0 unspecified atom stereocenters. The molecule has 0 radical (unpaired) electrons. The number of aromatic nitrogens is 1. The Balaban J connectivity index is 1.92. The number of likely N-dealkylation sites (N-methyl/N-ethyl adjacent to an activating group) is 1. The highest BCUT2D eigenvalue weighted by atomic mass is 32.1. The lowest BCUT2D eigenvalue weighted by molar-refractivity contribution is -0.126. The van der Waals surface area contributed by atoms with E-state index >= 15 is 0 Å². The van der Waals surface area contributed by atoms with Crippen LogP contribution in [0.5, 0.6) is 0 Å². The first-order valence-corrected chi connectivity index (χ1v) is 7.98. The summed E-state index contributed by atoms with van der Waals surface area (Å²) in [4.78, 5) is 33.4. The van der Waals surface area contributed by atoms with Gasteiger partial charge in [0.1, 0.15) is 5.54 Å². The lowest BCUT2D eigenvalue weighted by atomic mass is 9.81. The summed E-state index contributed by atoms with van der Waals surface area (Å²) >= 11 is 1.33. The first kappa shape index (κ1) is 14.5. The number of thiazole rings is 1. The van der Waals surface area contributed by atoms with Crippen molar-refractivity contribution in [1.82, 2.24) is 9.88 Å². The Bertz CT molecular complexity index is 566. The number of urea groups is 1. The van der Waals surface area contributed by atoms with Crippen molar-refractivity contribution < 1.29 is 14.3 Å². The van der Waals surface area contributed by atoms with E-state index in [0.29, 0.717) is 11.7 Å². The molecule has 2 fully saturated rings. The van der Waals surface area contributed by atoms with Crippen LogP contribution in [0.4, 0.5) is 9.93 Å². The van der Waals surface area contributed by atoms with E-state index in [0.717, 1.165) is 37.0 Å². The second-order valence-electron chi connectivity index (χ2n) is 5.62. The molecule has 1 saturated carbocycles. The lowest BCUT2D eigenvalue weighted by Gasteiger charge is -2.35. The fourth-order valence-electron chi connectivity index (χ4n) is 3.24. The Morgan fingerprint density at radius 3 is 2.71 bits per heavy atom. The number of imide groups is 1. The zero-order valence-corrected chi connectivity index (χ0v) is 13.1. The molecule has 2 aliphatic rings. The molecule has 3 rings (SSSR count). The van der Waals surface area contributed by atoms with Crippen molar-refractivity contribution in [3.8, 4) is 0 Å². The minimum absolute atomic E-state index is 0.118. The van der Waals surface area contributed by atoms with Crippen LogP contribution in [0.3, 0.4) is 0 Å². The average Bonchev–Trinajstić information content (AvgIpc) is 3.01. The van der Waals surface area contributed by atoms with Crippen LogP contribution in [-0.2, 0) is 16.1 Å². The predicted molar refractivity (Wildman–Crippen MR) is 79.3 cm³/mol. The molecule has 0 aromatic carbocycles. The molecule has 0 atom stereocenters. The quantitative estimate of drug-likeness (QED) is 0.804. The maximum atomic E-state index is 12.9. The molecule has 0 bridgehead atoms. The summed E-state index contributed by atoms with van der Waals surface area (Å²) in [5.41, 5.74) is -0.650. The fraction of sp³-hybridized carbons (Fsp3) is 0.643. The summed E-state index contributed by atoms with van der Waals surface area (Å²) in [6, 6.07) is -0.264. The molecule has 21 heavy (non-hydrogen) atoms. The van der Waals surface area contributed by atoms with Crippen LogP contribution in [0.15, 0.2) is 6.20 Å². The topological polar surface area (TPSA) is 62.7 Å². The number of nitrogens with zero attached hydrogens (tertiary/aromatic N) is 3. The third kappa shape index (κ3) is 2.15. The highest BCUT2D eigenvalue weighted by Gasteiger charge is 2.56. The molecule has 114 valence electrons. The summed E-state index contributed by atoms with van der Waals surface area (Å²) in [6.45, 7) is 0.439. The molecule has 0 N–H and O–H groups in total. The highest BCUT2D eigenvalue weighted by molar-refractivity contribution is 7.16. The summed E-state index contributed by atoms with van der Waals surface area (Å²) < 4.78 is 5.06. The number of amides is 3. The van der Waals surface area contributed by atoms with Gasteiger partial charge in [-0.1, -0.05) is 30.6 Å². The number of hydrogen-bond donors (Lipinski definition) is 0. The Labute approximate surface area is 127 Å². The Hall–Kier alpha value is -1.47. The van der Waals surface area contributed by atoms with Crippen molar-refractivity contribution in [3.05, 3.63) is 11.1 Å². The third-order valence-corrected chi connectivity index (χ3v) is 5.38. The molecular weight excluding hydrogens is 290 g/mol. The van der Waals surface area contributed by atoms with Crippen LogP contribution in [0.1, 0.15) is 37.0 Å². The Kier molecular flexibility index (Phi) is 3.71. The second kappa shape index (κ2) is 5.38. The number of carbonyl (C=O) groups is 2. The third-order valence-electron chi connectivity index (χ3n) is 4.42. The van der Waals surface area contributed by atoms with Crippen LogP contribution in [0, 0.1) is 0 Å². The highest BCUT2D eigenvalue weighted by Crippen LogP contribution is 2.41. The Morgan fingerprint density at radius 1 is 1.33 bits per heavy atom. The van der Waals surface area contributed by atoms with Crippen LogP contribution in [0.2, 0.25) is 0 Å². The van der Waals surface area contributed by atoms with Gasteiger partial charge in [-0.15, -0.1) is 0 Å². The van der Waals surface area contributed by atoms with Crippen LogP contribution >= 0.6 is 11.3 Å². The smallest absolute Gasteiger partial charge is 0.333 e. The van der Waals surface area contributed by atoms with Gasteiger partial charge in [0.2, 0.25) is 5.13 Å². The van der Waals surface area contributed by atoms with E-state index in [1.54, 1.807) is 25.3 Å². The minimum atomic E-state index is -0.650. The van der Waals surface area contributed by atoms with E-state index < -0.39 is 5.54 Å². The number of rotatable bonds is 3. The van der Waals surface area contributed by atoms with Crippen LogP contribution < -0.4 is 4.90 Å². The first-order chi connectivity index (χ1) is 10.1. The largest absolute Gasteiger partial charge is 0.379 e. The van der Waals surface area contributed by atoms with Crippen molar-refractivity contribution in [2.75, 3.05) is 19.1 Å².